The molecule has 2 unspecified atom stereocenters. The van der Waals surface area contributed by atoms with E-state index in [1.165, 1.54) is 30.6 Å². The van der Waals surface area contributed by atoms with Crippen LogP contribution in [0.5, 0.6) is 0 Å². The number of nitrogens with one attached hydrogen (secondary N) is 1. The van der Waals surface area contributed by atoms with E-state index in [1.807, 2.05) is 10.9 Å². The first-order valence-corrected chi connectivity index (χ1v) is 8.24. The lowest BCUT2D eigenvalue weighted by Crippen LogP contribution is -2.39. The molecule has 0 spiro atoms. The van der Waals surface area contributed by atoms with Gasteiger partial charge in [0.2, 0.25) is 0 Å². The van der Waals surface area contributed by atoms with Crippen LogP contribution in [-0.2, 0) is 13.0 Å². The predicted octanol–water partition coefficient (Wildman–Crippen LogP) is 2.71. The molecule has 0 bridgehead atoms. The van der Waals surface area contributed by atoms with Crippen LogP contribution in [0.1, 0.15) is 38.7 Å². The van der Waals surface area contributed by atoms with Gasteiger partial charge in [-0.15, -0.1) is 0 Å². The van der Waals surface area contributed by atoms with Crippen LogP contribution in [0.15, 0.2) is 12.4 Å². The van der Waals surface area contributed by atoms with Crippen molar-refractivity contribution in [2.75, 3.05) is 12.3 Å². The van der Waals surface area contributed by atoms with E-state index >= 15 is 0 Å². The summed E-state index contributed by atoms with van der Waals surface area (Å²) in [5.74, 6) is 1.34. The van der Waals surface area contributed by atoms with Gasteiger partial charge in [0.25, 0.3) is 0 Å². The Morgan fingerprint density at radius 1 is 1.56 bits per heavy atom. The molecule has 4 heteroatoms. The topological polar surface area (TPSA) is 29.9 Å². The van der Waals surface area contributed by atoms with Gasteiger partial charge in [-0.05, 0) is 50.5 Å². The molecule has 3 nitrogen and oxygen atoms in total. The second-order valence-electron chi connectivity index (χ2n) is 5.02. The Hall–Kier alpha value is -0.480. The van der Waals surface area contributed by atoms with E-state index in [2.05, 4.69) is 42.2 Å². The summed E-state index contributed by atoms with van der Waals surface area (Å²) in [6.07, 6.45) is 9.31. The van der Waals surface area contributed by atoms with Crippen LogP contribution in [0, 0.1) is 0 Å². The van der Waals surface area contributed by atoms with Crippen molar-refractivity contribution in [3.8, 4) is 0 Å². The first-order chi connectivity index (χ1) is 8.83. The monoisotopic (exact) mass is 267 g/mol. The smallest absolute Gasteiger partial charge is 0.0522 e. The Bertz CT molecular complexity index is 345. The summed E-state index contributed by atoms with van der Waals surface area (Å²) in [5, 5.41) is 8.90. The molecule has 1 aromatic rings. The maximum atomic E-state index is 4.38. The van der Waals surface area contributed by atoms with Crippen LogP contribution in [0.3, 0.4) is 0 Å². The van der Waals surface area contributed by atoms with Gasteiger partial charge in [0.15, 0.2) is 0 Å². The standard InChI is InChI=1S/C14H25N3S/c1-3-7-15-13(14-6-5-8-18-14)9-12-10-16-17(4-2)11-12/h10-11,13-15H,3-9H2,1-2H3. The summed E-state index contributed by atoms with van der Waals surface area (Å²) < 4.78 is 2.02. The van der Waals surface area contributed by atoms with Crippen LogP contribution < -0.4 is 5.32 Å². The highest BCUT2D eigenvalue weighted by Gasteiger charge is 2.25. The van der Waals surface area contributed by atoms with Gasteiger partial charge in [-0.2, -0.15) is 16.9 Å². The molecule has 1 aliphatic rings. The average Bonchev–Trinajstić information content (AvgIpc) is 3.05. The van der Waals surface area contributed by atoms with Crippen LogP contribution >= 0.6 is 11.8 Å². The number of rotatable bonds is 7. The first kappa shape index (κ1) is 13.9. The number of hydrogen-bond donors (Lipinski definition) is 1. The lowest BCUT2D eigenvalue weighted by molar-refractivity contribution is 0.482. The van der Waals surface area contributed by atoms with Crippen LogP contribution in [0.2, 0.25) is 0 Å². The lowest BCUT2D eigenvalue weighted by atomic mass is 10.0. The number of aromatic nitrogens is 2. The summed E-state index contributed by atoms with van der Waals surface area (Å²) in [6.45, 7) is 6.46. The van der Waals surface area contributed by atoms with E-state index in [0.29, 0.717) is 6.04 Å². The molecular formula is C14H25N3S. The van der Waals surface area contributed by atoms with Crippen LogP contribution in [0.4, 0.5) is 0 Å². The summed E-state index contributed by atoms with van der Waals surface area (Å²) in [4.78, 5) is 0. The molecule has 102 valence electrons. The van der Waals surface area contributed by atoms with Gasteiger partial charge < -0.3 is 5.32 Å². The van der Waals surface area contributed by atoms with Crippen molar-refractivity contribution in [3.05, 3.63) is 18.0 Å². The van der Waals surface area contributed by atoms with Gasteiger partial charge in [0.05, 0.1) is 6.20 Å². The van der Waals surface area contributed by atoms with Crippen molar-refractivity contribution < 1.29 is 0 Å². The number of thioether (sulfide) groups is 1. The van der Waals surface area contributed by atoms with Crippen molar-refractivity contribution in [1.29, 1.82) is 0 Å². The molecule has 0 saturated carbocycles. The van der Waals surface area contributed by atoms with E-state index in [9.17, 15) is 0 Å². The molecule has 1 aliphatic heterocycles. The average molecular weight is 267 g/mol. The number of nitrogens with zero attached hydrogens (tertiary/aromatic N) is 2. The zero-order valence-corrected chi connectivity index (χ0v) is 12.4. The fraction of sp³-hybridized carbons (Fsp3) is 0.786. The SMILES string of the molecule is CCCNC(Cc1cnn(CC)c1)C1CCCS1. The summed E-state index contributed by atoms with van der Waals surface area (Å²) >= 11 is 2.14. The molecule has 0 aliphatic carbocycles. The van der Waals surface area contributed by atoms with E-state index in [1.54, 1.807) is 0 Å². The van der Waals surface area contributed by atoms with E-state index in [-0.39, 0.29) is 0 Å². The summed E-state index contributed by atoms with van der Waals surface area (Å²) in [5.41, 5.74) is 1.37. The second-order valence-corrected chi connectivity index (χ2v) is 6.37. The Labute approximate surface area is 115 Å². The van der Waals surface area contributed by atoms with Crippen molar-refractivity contribution in [2.45, 2.75) is 57.4 Å². The molecule has 2 rings (SSSR count). The molecule has 18 heavy (non-hydrogen) atoms. The van der Waals surface area contributed by atoms with Crippen molar-refractivity contribution in [1.82, 2.24) is 15.1 Å². The Morgan fingerprint density at radius 2 is 2.44 bits per heavy atom. The first-order valence-electron chi connectivity index (χ1n) is 7.19. The van der Waals surface area contributed by atoms with Gasteiger partial charge in [-0.25, -0.2) is 0 Å². The molecular weight excluding hydrogens is 242 g/mol. The van der Waals surface area contributed by atoms with Gasteiger partial charge in [-0.1, -0.05) is 6.92 Å². The fourth-order valence-electron chi connectivity index (χ4n) is 2.52. The fourth-order valence-corrected chi connectivity index (χ4v) is 3.92. The second kappa shape index (κ2) is 7.19. The zero-order valence-electron chi connectivity index (χ0n) is 11.6. The van der Waals surface area contributed by atoms with Crippen molar-refractivity contribution in [3.63, 3.8) is 0 Å². The third-order valence-electron chi connectivity index (χ3n) is 3.54. The van der Waals surface area contributed by atoms with Crippen molar-refractivity contribution >= 4 is 11.8 Å². The maximum Gasteiger partial charge on any atom is 0.0522 e. The van der Waals surface area contributed by atoms with Gasteiger partial charge in [-0.3, -0.25) is 4.68 Å². The van der Waals surface area contributed by atoms with E-state index in [0.717, 1.165) is 24.8 Å². The molecule has 2 atom stereocenters. The minimum absolute atomic E-state index is 0.618. The summed E-state index contributed by atoms with van der Waals surface area (Å²) in [6, 6.07) is 0.618. The molecule has 1 fully saturated rings. The molecule has 2 heterocycles. The minimum Gasteiger partial charge on any atom is -0.313 e. The predicted molar refractivity (Wildman–Crippen MR) is 79.2 cm³/mol. The normalized spacial score (nSPS) is 21.3. The minimum atomic E-state index is 0.618. The molecule has 0 radical (unpaired) electrons. The molecule has 1 aromatic heterocycles. The van der Waals surface area contributed by atoms with Crippen LogP contribution in [0.25, 0.3) is 0 Å². The largest absolute Gasteiger partial charge is 0.313 e. The Kier molecular flexibility index (Phi) is 5.57. The highest BCUT2D eigenvalue weighted by atomic mass is 32.2. The van der Waals surface area contributed by atoms with Gasteiger partial charge in [0, 0.05) is 24.0 Å². The zero-order chi connectivity index (χ0) is 12.8. The van der Waals surface area contributed by atoms with E-state index < -0.39 is 0 Å². The van der Waals surface area contributed by atoms with Crippen molar-refractivity contribution in [2.24, 2.45) is 0 Å². The third-order valence-corrected chi connectivity index (χ3v) is 5.05. The molecule has 1 N–H and O–H groups in total. The van der Waals surface area contributed by atoms with Gasteiger partial charge >= 0.3 is 0 Å². The highest BCUT2D eigenvalue weighted by Crippen LogP contribution is 2.30. The summed E-state index contributed by atoms with van der Waals surface area (Å²) in [7, 11) is 0. The van der Waals surface area contributed by atoms with Crippen LogP contribution in [-0.4, -0.2) is 33.4 Å². The lowest BCUT2D eigenvalue weighted by Gasteiger charge is -2.23. The highest BCUT2D eigenvalue weighted by molar-refractivity contribution is 8.00. The Balaban J connectivity index is 1.94. The molecule has 0 aromatic carbocycles. The van der Waals surface area contributed by atoms with Gasteiger partial charge in [0.1, 0.15) is 0 Å². The maximum absolute atomic E-state index is 4.38. The molecule has 0 amide bonds. The Morgan fingerprint density at radius 3 is 3.06 bits per heavy atom. The number of aryl methyl sites for hydroxylation is 1. The third kappa shape index (κ3) is 3.75. The van der Waals surface area contributed by atoms with E-state index in [4.69, 9.17) is 0 Å². The number of hydrogen-bond acceptors (Lipinski definition) is 3. The molecule has 1 saturated heterocycles. The quantitative estimate of drug-likeness (QED) is 0.824.